The number of rotatable bonds is 8. The molecule has 10 heteroatoms. The van der Waals surface area contributed by atoms with Gasteiger partial charge >= 0.3 is 0 Å². The van der Waals surface area contributed by atoms with E-state index in [2.05, 4.69) is 33.0 Å². The van der Waals surface area contributed by atoms with Crippen molar-refractivity contribution in [1.82, 2.24) is 29.7 Å². The van der Waals surface area contributed by atoms with E-state index in [-0.39, 0.29) is 12.6 Å². The van der Waals surface area contributed by atoms with Gasteiger partial charge in [-0.05, 0) is 49.2 Å². The summed E-state index contributed by atoms with van der Waals surface area (Å²) in [6.07, 6.45) is 0.448. The van der Waals surface area contributed by atoms with Gasteiger partial charge in [0, 0.05) is 17.9 Å². The molecule has 2 N–H and O–H groups in total. The fourth-order valence-electron chi connectivity index (χ4n) is 4.18. The van der Waals surface area contributed by atoms with Crippen LogP contribution < -0.4 is 19.9 Å². The molecule has 0 unspecified atom stereocenters. The summed E-state index contributed by atoms with van der Waals surface area (Å²) >= 11 is 0. The maximum absolute atomic E-state index is 6.02. The average molecular weight is 498 g/mol. The number of pyridine rings is 1. The fraction of sp³-hybridized carbons (Fsp3) is 0.222. The molecule has 0 bridgehead atoms. The molecule has 3 aromatic heterocycles. The summed E-state index contributed by atoms with van der Waals surface area (Å²) in [6.45, 7) is 4.12. The first kappa shape index (κ1) is 24.0. The summed E-state index contributed by atoms with van der Waals surface area (Å²) < 4.78 is 18.4. The van der Waals surface area contributed by atoms with E-state index >= 15 is 0 Å². The van der Waals surface area contributed by atoms with Gasteiger partial charge in [-0.25, -0.2) is 9.97 Å². The Bertz CT molecular complexity index is 1580. The smallest absolute Gasteiger partial charge is 0.240 e. The molecule has 37 heavy (non-hydrogen) atoms. The molecule has 0 aliphatic rings. The molecule has 5 aromatic rings. The molecule has 5 rings (SSSR count). The minimum absolute atomic E-state index is 0.144. The predicted octanol–water partition coefficient (Wildman–Crippen LogP) is 3.99. The number of ether oxygens (including phenoxy) is 3. The minimum atomic E-state index is 0.144. The molecule has 0 fully saturated rings. The van der Waals surface area contributed by atoms with Gasteiger partial charge in [-0.2, -0.15) is 14.6 Å². The van der Waals surface area contributed by atoms with Crippen molar-refractivity contribution in [3.8, 4) is 23.2 Å². The van der Waals surface area contributed by atoms with Crippen molar-refractivity contribution in [3.05, 3.63) is 83.1 Å². The first-order valence-electron chi connectivity index (χ1n) is 11.7. The molecule has 3 heterocycles. The van der Waals surface area contributed by atoms with E-state index in [1.54, 1.807) is 31.9 Å². The zero-order valence-corrected chi connectivity index (χ0v) is 21.1. The molecule has 0 saturated carbocycles. The fourth-order valence-corrected chi connectivity index (χ4v) is 4.18. The van der Waals surface area contributed by atoms with E-state index in [4.69, 9.17) is 24.9 Å². The van der Waals surface area contributed by atoms with Crippen LogP contribution in [0, 0.1) is 13.8 Å². The Morgan fingerprint density at radius 1 is 0.865 bits per heavy atom. The van der Waals surface area contributed by atoms with Crippen LogP contribution in [0.1, 0.15) is 28.5 Å². The van der Waals surface area contributed by atoms with Crippen LogP contribution in [0.2, 0.25) is 0 Å². The second-order valence-electron chi connectivity index (χ2n) is 8.51. The van der Waals surface area contributed by atoms with Gasteiger partial charge in [0.2, 0.25) is 11.8 Å². The van der Waals surface area contributed by atoms with Gasteiger partial charge in [-0.1, -0.05) is 24.3 Å². The Hall–Kier alpha value is -4.73. The van der Waals surface area contributed by atoms with E-state index in [0.29, 0.717) is 41.3 Å². The molecule has 0 spiro atoms. The molecule has 0 atom stereocenters. The lowest BCUT2D eigenvalue weighted by molar-refractivity contribution is 0.288. The standard InChI is InChI=1S/C27H27N7O3/c1-16-11-19(31-21-8-6-5-7-20(16)21)15-37-26-14-25(29-17(2)30-26)34-24(32-27(28)33-34)13-18-9-10-22(35-3)23(12-18)36-4/h5-12,14H,13,15H2,1-4H3,(H2,28,33). The van der Waals surface area contributed by atoms with Crippen molar-refractivity contribution in [2.75, 3.05) is 20.0 Å². The number of fused-ring (bicyclic) bond motifs is 1. The molecule has 2 aromatic carbocycles. The van der Waals surface area contributed by atoms with Crippen molar-refractivity contribution in [1.29, 1.82) is 0 Å². The van der Waals surface area contributed by atoms with Crippen LogP contribution in [0.3, 0.4) is 0 Å². The van der Waals surface area contributed by atoms with Crippen molar-refractivity contribution in [2.24, 2.45) is 0 Å². The largest absolute Gasteiger partial charge is 0.493 e. The zero-order valence-electron chi connectivity index (χ0n) is 21.1. The summed E-state index contributed by atoms with van der Waals surface area (Å²) in [5.41, 5.74) is 9.80. The molecular weight excluding hydrogens is 470 g/mol. The van der Waals surface area contributed by atoms with Crippen molar-refractivity contribution < 1.29 is 14.2 Å². The Kier molecular flexibility index (Phi) is 6.55. The third-order valence-electron chi connectivity index (χ3n) is 5.86. The monoisotopic (exact) mass is 497 g/mol. The minimum Gasteiger partial charge on any atom is -0.493 e. The van der Waals surface area contributed by atoms with Crippen LogP contribution in [-0.4, -0.2) is 43.9 Å². The zero-order chi connectivity index (χ0) is 25.9. The van der Waals surface area contributed by atoms with E-state index < -0.39 is 0 Å². The lowest BCUT2D eigenvalue weighted by Crippen LogP contribution is -2.09. The number of anilines is 1. The van der Waals surface area contributed by atoms with Crippen molar-refractivity contribution >= 4 is 16.9 Å². The first-order valence-corrected chi connectivity index (χ1v) is 11.7. The second-order valence-corrected chi connectivity index (χ2v) is 8.51. The van der Waals surface area contributed by atoms with Gasteiger partial charge in [0.25, 0.3) is 0 Å². The number of nitrogens with two attached hydrogens (primary N) is 1. The number of methoxy groups -OCH3 is 2. The number of nitrogens with zero attached hydrogens (tertiary/aromatic N) is 6. The van der Waals surface area contributed by atoms with Gasteiger partial charge in [0.1, 0.15) is 18.3 Å². The molecule has 188 valence electrons. The molecule has 0 aliphatic heterocycles. The number of para-hydroxylation sites is 1. The average Bonchev–Trinajstić information content (AvgIpc) is 3.27. The van der Waals surface area contributed by atoms with Crippen LogP contribution in [0.25, 0.3) is 16.7 Å². The Balaban J connectivity index is 1.41. The summed E-state index contributed by atoms with van der Waals surface area (Å²) in [5.74, 6) is 3.47. The first-order chi connectivity index (χ1) is 17.9. The third kappa shape index (κ3) is 5.13. The summed E-state index contributed by atoms with van der Waals surface area (Å²) in [5, 5.41) is 5.49. The summed E-state index contributed by atoms with van der Waals surface area (Å²) in [4.78, 5) is 18.1. The van der Waals surface area contributed by atoms with E-state index in [9.17, 15) is 0 Å². The number of aryl methyl sites for hydroxylation is 2. The van der Waals surface area contributed by atoms with Gasteiger partial charge in [-0.15, -0.1) is 5.10 Å². The highest BCUT2D eigenvalue weighted by atomic mass is 16.5. The van der Waals surface area contributed by atoms with Crippen LogP contribution in [0.4, 0.5) is 5.95 Å². The highest BCUT2D eigenvalue weighted by Crippen LogP contribution is 2.29. The lowest BCUT2D eigenvalue weighted by Gasteiger charge is -2.11. The summed E-state index contributed by atoms with van der Waals surface area (Å²) in [7, 11) is 3.20. The van der Waals surface area contributed by atoms with Gasteiger partial charge in [-0.3, -0.25) is 0 Å². The predicted molar refractivity (Wildman–Crippen MR) is 139 cm³/mol. The normalized spacial score (nSPS) is 11.0. The Morgan fingerprint density at radius 2 is 1.68 bits per heavy atom. The third-order valence-corrected chi connectivity index (χ3v) is 5.86. The van der Waals surface area contributed by atoms with Crippen LogP contribution >= 0.6 is 0 Å². The SMILES string of the molecule is COc1ccc(Cc2nc(N)nn2-c2cc(OCc3cc(C)c4ccccc4n3)nc(C)n2)cc1OC. The van der Waals surface area contributed by atoms with E-state index in [1.807, 2.05) is 42.5 Å². The molecule has 0 amide bonds. The van der Waals surface area contributed by atoms with Crippen LogP contribution in [0.5, 0.6) is 17.4 Å². The van der Waals surface area contributed by atoms with Crippen molar-refractivity contribution in [2.45, 2.75) is 26.9 Å². The number of hydrogen-bond acceptors (Lipinski definition) is 9. The Morgan fingerprint density at radius 3 is 2.49 bits per heavy atom. The molecular formula is C27H27N7O3. The van der Waals surface area contributed by atoms with Crippen LogP contribution in [-0.2, 0) is 13.0 Å². The van der Waals surface area contributed by atoms with Crippen molar-refractivity contribution in [3.63, 3.8) is 0 Å². The molecule has 0 saturated heterocycles. The van der Waals surface area contributed by atoms with E-state index in [0.717, 1.165) is 27.7 Å². The topological polar surface area (TPSA) is 123 Å². The maximum atomic E-state index is 6.02. The number of aromatic nitrogens is 6. The second kappa shape index (κ2) is 10.1. The molecule has 10 nitrogen and oxygen atoms in total. The van der Waals surface area contributed by atoms with Crippen LogP contribution in [0.15, 0.2) is 54.6 Å². The summed E-state index contributed by atoms with van der Waals surface area (Å²) in [6, 6.07) is 17.5. The highest BCUT2D eigenvalue weighted by molar-refractivity contribution is 5.82. The highest BCUT2D eigenvalue weighted by Gasteiger charge is 2.16. The number of nitrogen functional groups attached to an aromatic ring is 1. The van der Waals surface area contributed by atoms with Gasteiger partial charge in [0.05, 0.1) is 25.4 Å². The lowest BCUT2D eigenvalue weighted by atomic mass is 10.1. The molecule has 0 aliphatic carbocycles. The number of hydrogen-bond donors (Lipinski definition) is 1. The maximum Gasteiger partial charge on any atom is 0.240 e. The van der Waals surface area contributed by atoms with Gasteiger partial charge in [0.15, 0.2) is 17.3 Å². The van der Waals surface area contributed by atoms with Gasteiger partial charge < -0.3 is 19.9 Å². The molecule has 0 radical (unpaired) electrons. The van der Waals surface area contributed by atoms with E-state index in [1.165, 1.54) is 0 Å². The Labute approximate surface area is 214 Å². The quantitative estimate of drug-likeness (QED) is 0.339. The number of benzene rings is 2.